The van der Waals surface area contributed by atoms with Crippen molar-refractivity contribution in [2.75, 3.05) is 6.54 Å². The topological polar surface area (TPSA) is 64.3 Å². The third-order valence-corrected chi connectivity index (χ3v) is 4.01. The zero-order valence-electron chi connectivity index (χ0n) is 12.9. The molecule has 0 radical (unpaired) electrons. The molecule has 1 aromatic carbocycles. The molecule has 0 aliphatic heterocycles. The second-order valence-electron chi connectivity index (χ2n) is 5.96. The highest BCUT2D eigenvalue weighted by molar-refractivity contribution is 5.85. The number of carbonyl (C=O) groups excluding carboxylic acids is 1. The molecule has 2 atom stereocenters. The number of nitrogens with one attached hydrogen (secondary N) is 1. The fourth-order valence-corrected chi connectivity index (χ4v) is 2.30. The van der Waals surface area contributed by atoms with E-state index in [-0.39, 0.29) is 23.9 Å². The molecule has 3 N–H and O–H groups in total. The molecule has 1 amide bonds. The summed E-state index contributed by atoms with van der Waals surface area (Å²) in [5.41, 5.74) is 6.67. The van der Waals surface area contributed by atoms with Crippen molar-refractivity contribution in [3.63, 3.8) is 0 Å². The van der Waals surface area contributed by atoms with Gasteiger partial charge in [-0.1, -0.05) is 17.7 Å². The molecule has 0 spiro atoms. The quantitative estimate of drug-likeness (QED) is 0.848. The van der Waals surface area contributed by atoms with Gasteiger partial charge in [0.05, 0.1) is 5.54 Å². The van der Waals surface area contributed by atoms with Gasteiger partial charge in [0.1, 0.15) is 5.75 Å². The molecule has 1 fully saturated rings. The van der Waals surface area contributed by atoms with Gasteiger partial charge in [-0.05, 0) is 51.7 Å². The van der Waals surface area contributed by atoms with Crippen LogP contribution in [-0.4, -0.2) is 24.1 Å². The number of hydrogen-bond acceptors (Lipinski definition) is 3. The lowest BCUT2D eigenvalue weighted by Gasteiger charge is -2.30. The summed E-state index contributed by atoms with van der Waals surface area (Å²) in [5, 5.41) is 3.05. The lowest BCUT2D eigenvalue weighted by atomic mass is 9.95. The maximum absolute atomic E-state index is 12.2. The molecule has 1 aromatic rings. The second-order valence-corrected chi connectivity index (χ2v) is 5.96. The minimum atomic E-state index is -0.526. The number of nitrogens with two attached hydrogens (primary N) is 1. The van der Waals surface area contributed by atoms with Gasteiger partial charge in [-0.25, -0.2) is 0 Å². The predicted octanol–water partition coefficient (Wildman–Crippen LogP) is 2.43. The van der Waals surface area contributed by atoms with Gasteiger partial charge in [0.25, 0.3) is 5.91 Å². The number of carbonyl (C=O) groups is 1. The zero-order valence-corrected chi connectivity index (χ0v) is 13.7. The van der Waals surface area contributed by atoms with E-state index in [0.29, 0.717) is 18.2 Å². The Bertz CT molecular complexity index is 474. The summed E-state index contributed by atoms with van der Waals surface area (Å²) in [6, 6.07) is 7.69. The van der Waals surface area contributed by atoms with Crippen molar-refractivity contribution < 1.29 is 9.53 Å². The first-order valence-electron chi connectivity index (χ1n) is 7.20. The average Bonchev–Trinajstić information content (AvgIpc) is 3.26. The van der Waals surface area contributed by atoms with E-state index in [0.717, 1.165) is 12.8 Å². The van der Waals surface area contributed by atoms with Gasteiger partial charge >= 0.3 is 0 Å². The Morgan fingerprint density at radius 3 is 2.48 bits per heavy atom. The Kier molecular flexibility index (Phi) is 6.05. The fraction of sp³-hybridized carbons (Fsp3) is 0.562. The van der Waals surface area contributed by atoms with Crippen LogP contribution in [0.25, 0.3) is 0 Å². The van der Waals surface area contributed by atoms with E-state index in [1.165, 1.54) is 5.56 Å². The number of aryl methyl sites for hydroxylation is 1. The summed E-state index contributed by atoms with van der Waals surface area (Å²) in [6.07, 6.45) is 1.75. The summed E-state index contributed by atoms with van der Waals surface area (Å²) >= 11 is 0. The number of halogens is 1. The Hall–Kier alpha value is -1.26. The van der Waals surface area contributed by atoms with Crippen molar-refractivity contribution in [3.05, 3.63) is 29.8 Å². The van der Waals surface area contributed by atoms with Gasteiger partial charge in [-0.3, -0.25) is 4.79 Å². The van der Waals surface area contributed by atoms with Gasteiger partial charge in [-0.15, -0.1) is 12.4 Å². The number of ether oxygens (including phenoxy) is 1. The first-order valence-corrected chi connectivity index (χ1v) is 7.20. The first kappa shape index (κ1) is 17.8. The molecule has 1 saturated carbocycles. The van der Waals surface area contributed by atoms with Crippen molar-refractivity contribution in [2.24, 2.45) is 11.7 Å². The van der Waals surface area contributed by atoms with Crippen LogP contribution in [0.2, 0.25) is 0 Å². The van der Waals surface area contributed by atoms with Crippen molar-refractivity contribution in [2.45, 2.75) is 45.3 Å². The van der Waals surface area contributed by atoms with Crippen LogP contribution in [0.1, 0.15) is 32.3 Å². The monoisotopic (exact) mass is 312 g/mol. The lowest BCUT2D eigenvalue weighted by Crippen LogP contribution is -2.56. The zero-order chi connectivity index (χ0) is 14.8. The molecule has 118 valence electrons. The minimum absolute atomic E-state index is 0. The molecule has 0 heterocycles. The van der Waals surface area contributed by atoms with E-state index in [4.69, 9.17) is 10.5 Å². The predicted molar refractivity (Wildman–Crippen MR) is 86.8 cm³/mol. The minimum Gasteiger partial charge on any atom is -0.481 e. The summed E-state index contributed by atoms with van der Waals surface area (Å²) in [5.74, 6) is 1.10. The smallest absolute Gasteiger partial charge is 0.261 e. The first-order chi connectivity index (χ1) is 9.44. The van der Waals surface area contributed by atoms with Crippen molar-refractivity contribution in [1.29, 1.82) is 0 Å². The van der Waals surface area contributed by atoms with Gasteiger partial charge in [0, 0.05) is 6.54 Å². The standard InChI is InChI=1S/C16H24N2O2.ClH/c1-11-4-8-14(9-5-11)20-12(2)15(19)18-16(3,10-17)13-6-7-13;/h4-5,8-9,12-13H,6-7,10,17H2,1-3H3,(H,18,19);1H. The van der Waals surface area contributed by atoms with Crippen LogP contribution in [0, 0.1) is 12.8 Å². The molecular weight excluding hydrogens is 288 g/mol. The molecule has 4 nitrogen and oxygen atoms in total. The summed E-state index contributed by atoms with van der Waals surface area (Å²) in [4.78, 5) is 12.2. The molecule has 5 heteroatoms. The van der Waals surface area contributed by atoms with Gasteiger partial charge in [0.2, 0.25) is 0 Å². The van der Waals surface area contributed by atoms with Crippen LogP contribution in [0.3, 0.4) is 0 Å². The highest BCUT2D eigenvalue weighted by atomic mass is 35.5. The molecule has 0 aromatic heterocycles. The van der Waals surface area contributed by atoms with Crippen molar-refractivity contribution in [3.8, 4) is 5.75 Å². The molecule has 1 aliphatic carbocycles. The third kappa shape index (κ3) is 4.61. The molecule has 2 unspecified atom stereocenters. The van der Waals surface area contributed by atoms with E-state index in [2.05, 4.69) is 5.32 Å². The third-order valence-electron chi connectivity index (χ3n) is 4.01. The van der Waals surface area contributed by atoms with E-state index in [9.17, 15) is 4.79 Å². The molecule has 0 saturated heterocycles. The van der Waals surface area contributed by atoms with Crippen LogP contribution in [0.4, 0.5) is 0 Å². The Morgan fingerprint density at radius 1 is 1.43 bits per heavy atom. The maximum atomic E-state index is 12.2. The summed E-state index contributed by atoms with van der Waals surface area (Å²) < 4.78 is 5.67. The molecule has 2 rings (SSSR count). The number of hydrogen-bond donors (Lipinski definition) is 2. The van der Waals surface area contributed by atoms with Gasteiger partial charge in [0.15, 0.2) is 6.10 Å². The molecular formula is C16H25ClN2O2. The van der Waals surface area contributed by atoms with Crippen LogP contribution in [0.5, 0.6) is 5.75 Å². The van der Waals surface area contributed by atoms with E-state index >= 15 is 0 Å². The van der Waals surface area contributed by atoms with E-state index < -0.39 is 6.10 Å². The SMILES string of the molecule is Cc1ccc(OC(C)C(=O)NC(C)(CN)C2CC2)cc1.Cl. The van der Waals surface area contributed by atoms with Gasteiger partial charge in [-0.2, -0.15) is 0 Å². The average molecular weight is 313 g/mol. The van der Waals surface area contributed by atoms with Crippen LogP contribution >= 0.6 is 12.4 Å². The number of rotatable bonds is 6. The Labute approximate surface area is 132 Å². The highest BCUT2D eigenvalue weighted by Gasteiger charge is 2.42. The van der Waals surface area contributed by atoms with Crippen molar-refractivity contribution in [1.82, 2.24) is 5.32 Å². The van der Waals surface area contributed by atoms with Crippen LogP contribution in [-0.2, 0) is 4.79 Å². The summed E-state index contributed by atoms with van der Waals surface area (Å²) in [6.45, 7) is 6.25. The highest BCUT2D eigenvalue weighted by Crippen LogP contribution is 2.39. The molecule has 1 aliphatic rings. The van der Waals surface area contributed by atoms with Crippen LogP contribution < -0.4 is 15.8 Å². The van der Waals surface area contributed by atoms with Crippen LogP contribution in [0.15, 0.2) is 24.3 Å². The normalized spacial score (nSPS) is 18.1. The molecule has 21 heavy (non-hydrogen) atoms. The second kappa shape index (κ2) is 7.14. The maximum Gasteiger partial charge on any atom is 0.261 e. The number of benzene rings is 1. The fourth-order valence-electron chi connectivity index (χ4n) is 2.30. The Morgan fingerprint density at radius 2 is 2.00 bits per heavy atom. The van der Waals surface area contributed by atoms with E-state index in [1.54, 1.807) is 6.92 Å². The van der Waals surface area contributed by atoms with Crippen molar-refractivity contribution >= 4 is 18.3 Å². The largest absolute Gasteiger partial charge is 0.481 e. The summed E-state index contributed by atoms with van der Waals surface area (Å²) in [7, 11) is 0. The Balaban J connectivity index is 0.00000220. The van der Waals surface area contributed by atoms with Gasteiger partial charge < -0.3 is 15.8 Å². The molecule has 0 bridgehead atoms. The lowest BCUT2D eigenvalue weighted by molar-refractivity contribution is -0.129. The number of amides is 1. The van der Waals surface area contributed by atoms with E-state index in [1.807, 2.05) is 38.1 Å².